The van der Waals surface area contributed by atoms with Gasteiger partial charge < -0.3 is 5.11 Å². The van der Waals surface area contributed by atoms with Crippen molar-refractivity contribution in [3.05, 3.63) is 34.9 Å². The SMILES string of the molecule is Cc1cccc(C)c1CC1(O)CCC(C)C1. The Labute approximate surface area is 98.5 Å². The summed E-state index contributed by atoms with van der Waals surface area (Å²) in [6.45, 7) is 6.52. The molecular formula is C15H22O. The van der Waals surface area contributed by atoms with E-state index in [1.807, 2.05) is 0 Å². The monoisotopic (exact) mass is 218 g/mol. The van der Waals surface area contributed by atoms with Gasteiger partial charge >= 0.3 is 0 Å². The topological polar surface area (TPSA) is 20.2 Å². The number of benzene rings is 1. The van der Waals surface area contributed by atoms with Crippen molar-refractivity contribution >= 4 is 0 Å². The van der Waals surface area contributed by atoms with Crippen LogP contribution in [0.15, 0.2) is 18.2 Å². The standard InChI is InChI=1S/C15H22O/c1-11-7-8-15(16,9-11)10-14-12(2)5-4-6-13(14)3/h4-6,11,16H,7-10H2,1-3H3. The zero-order valence-electron chi connectivity index (χ0n) is 10.6. The van der Waals surface area contributed by atoms with Crippen LogP contribution in [-0.4, -0.2) is 10.7 Å². The molecule has 0 radical (unpaired) electrons. The van der Waals surface area contributed by atoms with Gasteiger partial charge in [0.05, 0.1) is 5.60 Å². The average Bonchev–Trinajstić information content (AvgIpc) is 2.53. The molecule has 0 amide bonds. The lowest BCUT2D eigenvalue weighted by molar-refractivity contribution is 0.0443. The highest BCUT2D eigenvalue weighted by atomic mass is 16.3. The number of aryl methyl sites for hydroxylation is 2. The van der Waals surface area contributed by atoms with Crippen molar-refractivity contribution < 1.29 is 5.11 Å². The summed E-state index contributed by atoms with van der Waals surface area (Å²) >= 11 is 0. The fourth-order valence-electron chi connectivity index (χ4n) is 2.99. The molecule has 0 heterocycles. The molecule has 2 unspecified atom stereocenters. The van der Waals surface area contributed by atoms with Gasteiger partial charge in [-0.15, -0.1) is 0 Å². The van der Waals surface area contributed by atoms with Crippen molar-refractivity contribution in [3.63, 3.8) is 0 Å². The first-order valence-corrected chi connectivity index (χ1v) is 6.28. The van der Waals surface area contributed by atoms with E-state index in [9.17, 15) is 5.11 Å². The summed E-state index contributed by atoms with van der Waals surface area (Å²) in [6.07, 6.45) is 3.92. The van der Waals surface area contributed by atoms with Gasteiger partial charge in [0.15, 0.2) is 0 Å². The first-order chi connectivity index (χ1) is 7.50. The molecule has 1 aliphatic rings. The Balaban J connectivity index is 2.21. The van der Waals surface area contributed by atoms with E-state index < -0.39 is 5.60 Å². The van der Waals surface area contributed by atoms with Gasteiger partial charge in [-0.2, -0.15) is 0 Å². The third kappa shape index (κ3) is 2.30. The maximum absolute atomic E-state index is 10.6. The first-order valence-electron chi connectivity index (χ1n) is 6.28. The van der Waals surface area contributed by atoms with Crippen LogP contribution in [0.4, 0.5) is 0 Å². The smallest absolute Gasteiger partial charge is 0.0690 e. The lowest BCUT2D eigenvalue weighted by atomic mass is 9.88. The second-order valence-electron chi connectivity index (χ2n) is 5.62. The van der Waals surface area contributed by atoms with Crippen LogP contribution in [0.2, 0.25) is 0 Å². The van der Waals surface area contributed by atoms with Crippen LogP contribution in [0.1, 0.15) is 42.9 Å². The number of aliphatic hydroxyl groups is 1. The maximum atomic E-state index is 10.6. The molecule has 1 heteroatoms. The Morgan fingerprint density at radius 3 is 2.44 bits per heavy atom. The van der Waals surface area contributed by atoms with Crippen LogP contribution in [0.25, 0.3) is 0 Å². The number of rotatable bonds is 2. The minimum absolute atomic E-state index is 0.448. The van der Waals surface area contributed by atoms with Crippen molar-refractivity contribution in [2.75, 3.05) is 0 Å². The Bertz CT molecular complexity index is 363. The molecule has 16 heavy (non-hydrogen) atoms. The van der Waals surface area contributed by atoms with E-state index in [0.717, 1.165) is 19.3 Å². The van der Waals surface area contributed by atoms with E-state index >= 15 is 0 Å². The molecule has 1 N–H and O–H groups in total. The summed E-state index contributed by atoms with van der Waals surface area (Å²) in [5, 5.41) is 10.6. The van der Waals surface area contributed by atoms with Crippen molar-refractivity contribution in [3.8, 4) is 0 Å². The fraction of sp³-hybridized carbons (Fsp3) is 0.600. The molecule has 1 fully saturated rings. The molecule has 1 aliphatic carbocycles. The second-order valence-corrected chi connectivity index (χ2v) is 5.62. The van der Waals surface area contributed by atoms with Crippen molar-refractivity contribution in [1.29, 1.82) is 0 Å². The van der Waals surface area contributed by atoms with Crippen LogP contribution in [0.3, 0.4) is 0 Å². The van der Waals surface area contributed by atoms with E-state index in [1.165, 1.54) is 23.1 Å². The normalized spacial score (nSPS) is 29.6. The quantitative estimate of drug-likeness (QED) is 0.806. The van der Waals surface area contributed by atoms with Gasteiger partial charge in [-0.3, -0.25) is 0 Å². The molecule has 1 nitrogen and oxygen atoms in total. The van der Waals surface area contributed by atoms with Crippen LogP contribution < -0.4 is 0 Å². The number of hydrogen-bond donors (Lipinski definition) is 1. The Hall–Kier alpha value is -0.820. The van der Waals surface area contributed by atoms with Gasteiger partial charge in [0.25, 0.3) is 0 Å². The summed E-state index contributed by atoms with van der Waals surface area (Å²) in [5.41, 5.74) is 3.52. The molecule has 0 aromatic heterocycles. The molecule has 0 aliphatic heterocycles. The molecule has 1 aromatic carbocycles. The Morgan fingerprint density at radius 2 is 1.94 bits per heavy atom. The van der Waals surface area contributed by atoms with E-state index in [1.54, 1.807) is 0 Å². The zero-order valence-corrected chi connectivity index (χ0v) is 10.6. The molecule has 0 spiro atoms. The maximum Gasteiger partial charge on any atom is 0.0690 e. The van der Waals surface area contributed by atoms with E-state index in [2.05, 4.69) is 39.0 Å². The lowest BCUT2D eigenvalue weighted by Gasteiger charge is -2.24. The molecule has 1 saturated carbocycles. The minimum Gasteiger partial charge on any atom is -0.390 e. The van der Waals surface area contributed by atoms with E-state index in [4.69, 9.17) is 0 Å². The van der Waals surface area contributed by atoms with E-state index in [0.29, 0.717) is 5.92 Å². The van der Waals surface area contributed by atoms with Gasteiger partial charge in [-0.05, 0) is 55.7 Å². The summed E-state index contributed by atoms with van der Waals surface area (Å²) < 4.78 is 0. The van der Waals surface area contributed by atoms with E-state index in [-0.39, 0.29) is 0 Å². The largest absolute Gasteiger partial charge is 0.390 e. The van der Waals surface area contributed by atoms with Gasteiger partial charge in [0.2, 0.25) is 0 Å². The highest BCUT2D eigenvalue weighted by Gasteiger charge is 2.35. The molecule has 88 valence electrons. The van der Waals surface area contributed by atoms with Gasteiger partial charge in [-0.1, -0.05) is 25.1 Å². The predicted octanol–water partition coefficient (Wildman–Crippen LogP) is 3.40. The predicted molar refractivity (Wildman–Crippen MR) is 67.6 cm³/mol. The molecular weight excluding hydrogens is 196 g/mol. The van der Waals surface area contributed by atoms with Crippen molar-refractivity contribution in [2.45, 2.75) is 52.1 Å². The van der Waals surface area contributed by atoms with Crippen LogP contribution in [-0.2, 0) is 6.42 Å². The second kappa shape index (κ2) is 4.21. The number of hydrogen-bond acceptors (Lipinski definition) is 1. The fourth-order valence-corrected chi connectivity index (χ4v) is 2.99. The molecule has 0 bridgehead atoms. The summed E-state index contributed by atoms with van der Waals surface area (Å²) in [4.78, 5) is 0. The average molecular weight is 218 g/mol. The summed E-state index contributed by atoms with van der Waals surface area (Å²) in [5.74, 6) is 0.675. The third-order valence-corrected chi connectivity index (χ3v) is 3.98. The molecule has 0 saturated heterocycles. The molecule has 2 rings (SSSR count). The van der Waals surface area contributed by atoms with Crippen LogP contribution in [0.5, 0.6) is 0 Å². The third-order valence-electron chi connectivity index (χ3n) is 3.98. The summed E-state index contributed by atoms with van der Waals surface area (Å²) in [7, 11) is 0. The van der Waals surface area contributed by atoms with Crippen molar-refractivity contribution in [1.82, 2.24) is 0 Å². The highest BCUT2D eigenvalue weighted by Crippen LogP contribution is 2.37. The van der Waals surface area contributed by atoms with Gasteiger partial charge in [0.1, 0.15) is 0 Å². The Kier molecular flexibility index (Phi) is 3.07. The van der Waals surface area contributed by atoms with Crippen LogP contribution in [0, 0.1) is 19.8 Å². The molecule has 1 aromatic rings. The van der Waals surface area contributed by atoms with Crippen LogP contribution >= 0.6 is 0 Å². The molecule has 2 atom stereocenters. The first kappa shape index (κ1) is 11.7. The Morgan fingerprint density at radius 1 is 1.31 bits per heavy atom. The van der Waals surface area contributed by atoms with Gasteiger partial charge in [0, 0.05) is 6.42 Å². The summed E-state index contributed by atoms with van der Waals surface area (Å²) in [6, 6.07) is 6.38. The highest BCUT2D eigenvalue weighted by molar-refractivity contribution is 5.34. The zero-order chi connectivity index (χ0) is 11.8. The minimum atomic E-state index is -0.448. The lowest BCUT2D eigenvalue weighted by Crippen LogP contribution is -2.28. The van der Waals surface area contributed by atoms with Crippen molar-refractivity contribution in [2.24, 2.45) is 5.92 Å². The van der Waals surface area contributed by atoms with Gasteiger partial charge in [-0.25, -0.2) is 0 Å².